The number of esters is 1. The Hall–Kier alpha value is -1.79. The highest BCUT2D eigenvalue weighted by molar-refractivity contribution is 5.86. The first kappa shape index (κ1) is 15.2. The fraction of sp³-hybridized carbons (Fsp3) is 0.700. The number of carboxylic acids is 1. The second-order valence-electron chi connectivity index (χ2n) is 3.54. The molecule has 0 aromatic rings. The molecule has 0 aliphatic carbocycles. The number of ether oxygens (including phenoxy) is 1. The van der Waals surface area contributed by atoms with E-state index >= 15 is 0 Å². The average Bonchev–Trinajstić information content (AvgIpc) is 2.27. The number of nitrogens with one attached hydrogen (secondary N) is 1. The van der Waals surface area contributed by atoms with E-state index in [9.17, 15) is 14.4 Å². The minimum absolute atomic E-state index is 0.391. The summed E-state index contributed by atoms with van der Waals surface area (Å²) in [5, 5.41) is 11.1. The summed E-state index contributed by atoms with van der Waals surface area (Å²) in [5.74, 6) is -1.95. The molecule has 0 unspecified atom stereocenters. The molecule has 0 saturated heterocycles. The lowest BCUT2D eigenvalue weighted by Crippen LogP contribution is -2.47. The Labute approximate surface area is 99.7 Å². The zero-order valence-electron chi connectivity index (χ0n) is 10.2. The molecule has 0 heterocycles. The molecule has 2 amide bonds. The minimum Gasteiger partial charge on any atom is -0.480 e. The van der Waals surface area contributed by atoms with Gasteiger partial charge in [0.25, 0.3) is 0 Å². The van der Waals surface area contributed by atoms with Gasteiger partial charge in [-0.15, -0.1) is 0 Å². The van der Waals surface area contributed by atoms with Gasteiger partial charge in [-0.25, -0.2) is 9.59 Å². The quantitative estimate of drug-likeness (QED) is 0.646. The first-order valence-electron chi connectivity index (χ1n) is 5.23. The Kier molecular flexibility index (Phi) is 6.69. The molecule has 0 radical (unpaired) electrons. The van der Waals surface area contributed by atoms with Crippen LogP contribution < -0.4 is 5.32 Å². The Balaban J connectivity index is 4.39. The van der Waals surface area contributed by atoms with E-state index in [2.05, 4.69) is 10.1 Å². The molecule has 0 spiro atoms. The predicted molar refractivity (Wildman–Crippen MR) is 59.5 cm³/mol. The number of amides is 2. The summed E-state index contributed by atoms with van der Waals surface area (Å²) in [6.07, 6.45) is 0.371. The van der Waals surface area contributed by atoms with Gasteiger partial charge in [-0.3, -0.25) is 4.79 Å². The lowest BCUT2D eigenvalue weighted by molar-refractivity contribution is -0.147. The van der Waals surface area contributed by atoms with Gasteiger partial charge in [-0.05, 0) is 6.42 Å². The van der Waals surface area contributed by atoms with Crippen molar-refractivity contribution in [1.29, 1.82) is 0 Å². The first-order valence-corrected chi connectivity index (χ1v) is 5.23. The molecule has 0 aromatic heterocycles. The highest BCUT2D eigenvalue weighted by Crippen LogP contribution is 1.97. The molecule has 1 atom stereocenters. The van der Waals surface area contributed by atoms with Crippen molar-refractivity contribution >= 4 is 18.0 Å². The Bertz CT molecular complexity index is 292. The van der Waals surface area contributed by atoms with Crippen molar-refractivity contribution in [3.63, 3.8) is 0 Å². The molecule has 7 heteroatoms. The van der Waals surface area contributed by atoms with Gasteiger partial charge in [0.1, 0.15) is 6.04 Å². The largest absolute Gasteiger partial charge is 0.480 e. The van der Waals surface area contributed by atoms with Gasteiger partial charge < -0.3 is 20.1 Å². The van der Waals surface area contributed by atoms with Gasteiger partial charge in [0.05, 0.1) is 13.5 Å². The maximum Gasteiger partial charge on any atom is 0.326 e. The topological polar surface area (TPSA) is 95.9 Å². The van der Waals surface area contributed by atoms with Gasteiger partial charge in [0.15, 0.2) is 0 Å². The molecule has 98 valence electrons. The van der Waals surface area contributed by atoms with Crippen LogP contribution in [0.1, 0.15) is 19.8 Å². The third-order valence-corrected chi connectivity index (χ3v) is 2.10. The first-order chi connectivity index (χ1) is 7.92. The van der Waals surface area contributed by atoms with Crippen LogP contribution in [0.15, 0.2) is 0 Å². The molecule has 0 aliphatic rings. The van der Waals surface area contributed by atoms with Crippen LogP contribution in [0, 0.1) is 0 Å². The lowest BCUT2D eigenvalue weighted by Gasteiger charge is -2.20. The molecule has 0 bridgehead atoms. The van der Waals surface area contributed by atoms with E-state index in [-0.39, 0.29) is 0 Å². The molecule has 0 aliphatic heterocycles. The number of carboxylic acid groups (broad SMARTS) is 1. The summed E-state index contributed by atoms with van der Waals surface area (Å²) < 4.78 is 4.35. The van der Waals surface area contributed by atoms with E-state index in [4.69, 9.17) is 5.11 Å². The van der Waals surface area contributed by atoms with Gasteiger partial charge in [0, 0.05) is 13.6 Å². The molecule has 0 fully saturated rings. The van der Waals surface area contributed by atoms with Crippen LogP contribution in [0.5, 0.6) is 0 Å². The number of methoxy groups -OCH3 is 1. The summed E-state index contributed by atoms with van der Waals surface area (Å²) in [5.41, 5.74) is 0. The van der Waals surface area contributed by atoms with Gasteiger partial charge >= 0.3 is 18.0 Å². The van der Waals surface area contributed by atoms with Crippen molar-refractivity contribution in [1.82, 2.24) is 10.2 Å². The number of carbonyl (C=O) groups is 3. The second-order valence-corrected chi connectivity index (χ2v) is 3.54. The standard InChI is InChI=1S/C10H18N2O5/c1-4-5-12(2)10(16)11-7(9(14)15)6-8(13)17-3/h7H,4-6H2,1-3H3,(H,11,16)(H,14,15)/t7-/m0/s1. The molecular weight excluding hydrogens is 228 g/mol. The Morgan fingerprint density at radius 2 is 2.00 bits per heavy atom. The SMILES string of the molecule is CCCN(C)C(=O)N[C@@H](CC(=O)OC)C(=O)O. The maximum absolute atomic E-state index is 11.5. The van der Waals surface area contributed by atoms with Crippen molar-refractivity contribution < 1.29 is 24.2 Å². The van der Waals surface area contributed by atoms with Crippen molar-refractivity contribution in [2.45, 2.75) is 25.8 Å². The van der Waals surface area contributed by atoms with E-state index in [1.807, 2.05) is 6.92 Å². The number of carbonyl (C=O) groups excluding carboxylic acids is 2. The van der Waals surface area contributed by atoms with E-state index in [1.54, 1.807) is 7.05 Å². The van der Waals surface area contributed by atoms with Crippen LogP contribution in [0.25, 0.3) is 0 Å². The van der Waals surface area contributed by atoms with Crippen LogP contribution in [-0.4, -0.2) is 54.7 Å². The van der Waals surface area contributed by atoms with E-state index in [1.165, 1.54) is 4.90 Å². The fourth-order valence-corrected chi connectivity index (χ4v) is 1.15. The lowest BCUT2D eigenvalue weighted by atomic mass is 10.2. The van der Waals surface area contributed by atoms with Crippen LogP contribution in [0.4, 0.5) is 4.79 Å². The fourth-order valence-electron chi connectivity index (χ4n) is 1.15. The van der Waals surface area contributed by atoms with Crippen molar-refractivity contribution in [3.05, 3.63) is 0 Å². The third kappa shape index (κ3) is 5.74. The number of nitrogens with zero attached hydrogens (tertiary/aromatic N) is 1. The number of rotatable bonds is 6. The summed E-state index contributed by atoms with van der Waals surface area (Å²) in [6.45, 7) is 2.41. The number of urea groups is 1. The van der Waals surface area contributed by atoms with E-state index in [0.717, 1.165) is 13.5 Å². The highest BCUT2D eigenvalue weighted by atomic mass is 16.5. The van der Waals surface area contributed by atoms with Gasteiger partial charge in [-0.2, -0.15) is 0 Å². The second kappa shape index (κ2) is 7.48. The van der Waals surface area contributed by atoms with Gasteiger partial charge in [-0.1, -0.05) is 6.92 Å². The van der Waals surface area contributed by atoms with Crippen LogP contribution >= 0.6 is 0 Å². The van der Waals surface area contributed by atoms with Crippen LogP contribution in [0.2, 0.25) is 0 Å². The molecule has 0 saturated carbocycles. The highest BCUT2D eigenvalue weighted by Gasteiger charge is 2.24. The molecule has 17 heavy (non-hydrogen) atoms. The maximum atomic E-state index is 11.5. The number of aliphatic carboxylic acids is 1. The Morgan fingerprint density at radius 3 is 2.41 bits per heavy atom. The smallest absolute Gasteiger partial charge is 0.326 e. The monoisotopic (exact) mass is 246 g/mol. The average molecular weight is 246 g/mol. The number of hydrogen-bond donors (Lipinski definition) is 2. The Morgan fingerprint density at radius 1 is 1.41 bits per heavy atom. The van der Waals surface area contributed by atoms with Crippen molar-refractivity contribution in [2.24, 2.45) is 0 Å². The molecule has 0 rings (SSSR count). The molecular formula is C10H18N2O5. The summed E-state index contributed by atoms with van der Waals surface area (Å²) in [6, 6.07) is -1.79. The van der Waals surface area contributed by atoms with E-state index in [0.29, 0.717) is 6.54 Å². The summed E-state index contributed by atoms with van der Waals surface area (Å²) in [7, 11) is 2.71. The molecule has 0 aromatic carbocycles. The normalized spacial score (nSPS) is 11.5. The van der Waals surface area contributed by atoms with E-state index < -0.39 is 30.4 Å². The minimum atomic E-state index is -1.27. The van der Waals surface area contributed by atoms with Crippen LogP contribution in [-0.2, 0) is 14.3 Å². The van der Waals surface area contributed by atoms with Crippen LogP contribution in [0.3, 0.4) is 0 Å². The third-order valence-electron chi connectivity index (χ3n) is 2.10. The molecule has 2 N–H and O–H groups in total. The number of hydrogen-bond acceptors (Lipinski definition) is 4. The zero-order chi connectivity index (χ0) is 13.4. The predicted octanol–water partition coefficient (Wildman–Crippen LogP) is 0.0541. The van der Waals surface area contributed by atoms with Gasteiger partial charge in [0.2, 0.25) is 0 Å². The summed E-state index contributed by atoms with van der Waals surface area (Å²) in [4.78, 5) is 34.7. The summed E-state index contributed by atoms with van der Waals surface area (Å²) >= 11 is 0. The molecule has 7 nitrogen and oxygen atoms in total. The zero-order valence-corrected chi connectivity index (χ0v) is 10.2. The van der Waals surface area contributed by atoms with Crippen molar-refractivity contribution in [3.8, 4) is 0 Å². The van der Waals surface area contributed by atoms with Crippen molar-refractivity contribution in [2.75, 3.05) is 20.7 Å².